The van der Waals surface area contributed by atoms with Crippen LogP contribution in [0.1, 0.15) is 65.1 Å². The van der Waals surface area contributed by atoms with Gasteiger partial charge in [0, 0.05) is 52.9 Å². The zero-order valence-electron chi connectivity index (χ0n) is 24.1. The summed E-state index contributed by atoms with van der Waals surface area (Å²) in [6.07, 6.45) is 2.39. The van der Waals surface area contributed by atoms with Crippen LogP contribution in [0.5, 0.6) is 5.75 Å². The topological polar surface area (TPSA) is 67.3 Å². The fraction of sp³-hybridized carbons (Fsp3) is 0.394. The van der Waals surface area contributed by atoms with Crippen molar-refractivity contribution in [3.63, 3.8) is 0 Å². The first-order chi connectivity index (χ1) is 19.7. The number of likely N-dealkylation sites (tertiary alicyclic amines) is 1. The van der Waals surface area contributed by atoms with E-state index < -0.39 is 11.6 Å². The van der Waals surface area contributed by atoms with E-state index in [2.05, 4.69) is 27.4 Å². The smallest absolute Gasteiger partial charge is 0.255 e. The zero-order valence-corrected chi connectivity index (χ0v) is 24.1. The number of para-hydroxylation sites is 1. The maximum Gasteiger partial charge on any atom is 0.255 e. The Kier molecular flexibility index (Phi) is 8.40. The monoisotopic (exact) mass is 561 g/mol. The highest BCUT2D eigenvalue weighted by Crippen LogP contribution is 2.36. The number of hydrogen-bond donors (Lipinski definition) is 1. The van der Waals surface area contributed by atoms with Gasteiger partial charge in [-0.2, -0.15) is 0 Å². The SMILES string of the molecule is COc1cc(C)[nH]c(=O)c1CCC(=O)c1c(C)n([C@H](C)C2CCN(Cc3cc(F)cc(F)c3)CC2)c2ccccc12. The molecule has 6 nitrogen and oxygen atoms in total. The van der Waals surface area contributed by atoms with Crippen LogP contribution in [-0.2, 0) is 13.0 Å². The molecular formula is C33H37F2N3O3. The number of nitrogens with one attached hydrogen (secondary N) is 1. The summed E-state index contributed by atoms with van der Waals surface area (Å²) in [6.45, 7) is 8.22. The van der Waals surface area contributed by atoms with Gasteiger partial charge in [-0.15, -0.1) is 0 Å². The van der Waals surface area contributed by atoms with Gasteiger partial charge in [0.15, 0.2) is 5.78 Å². The molecule has 216 valence electrons. The van der Waals surface area contributed by atoms with Gasteiger partial charge in [-0.25, -0.2) is 8.78 Å². The summed E-state index contributed by atoms with van der Waals surface area (Å²) in [5.41, 5.74) is 4.29. The van der Waals surface area contributed by atoms with E-state index in [-0.39, 0.29) is 23.8 Å². The van der Waals surface area contributed by atoms with Gasteiger partial charge >= 0.3 is 0 Å². The first-order valence-electron chi connectivity index (χ1n) is 14.2. The van der Waals surface area contributed by atoms with Crippen LogP contribution < -0.4 is 10.3 Å². The number of hydrogen-bond acceptors (Lipinski definition) is 4. The number of carbonyl (C=O) groups excluding carboxylic acids is 1. The van der Waals surface area contributed by atoms with Crippen LogP contribution >= 0.6 is 0 Å². The molecule has 3 heterocycles. The number of aryl methyl sites for hydroxylation is 1. The number of nitrogens with zero attached hydrogens (tertiary/aromatic N) is 2. The summed E-state index contributed by atoms with van der Waals surface area (Å²) in [4.78, 5) is 31.3. The second kappa shape index (κ2) is 12.0. The molecule has 0 spiro atoms. The van der Waals surface area contributed by atoms with Gasteiger partial charge in [-0.3, -0.25) is 14.5 Å². The molecule has 0 saturated carbocycles. The van der Waals surface area contributed by atoms with Crippen LogP contribution in [0.2, 0.25) is 0 Å². The summed E-state index contributed by atoms with van der Waals surface area (Å²) in [7, 11) is 1.53. The molecule has 4 aromatic rings. The van der Waals surface area contributed by atoms with Gasteiger partial charge in [0.1, 0.15) is 17.4 Å². The van der Waals surface area contributed by atoms with Crippen molar-refractivity contribution in [1.29, 1.82) is 0 Å². The molecule has 1 atom stereocenters. The van der Waals surface area contributed by atoms with E-state index in [9.17, 15) is 18.4 Å². The minimum atomic E-state index is -0.548. The Labute approximate surface area is 238 Å². The summed E-state index contributed by atoms with van der Waals surface area (Å²) < 4.78 is 35.0. The standard InChI is InChI=1S/C33H37F2N3O3/c1-20-15-31(41-4)28(33(40)36-20)9-10-30(39)32-22(3)38(29-8-6-5-7-27(29)32)21(2)24-11-13-37(14-12-24)19-23-16-25(34)18-26(35)17-23/h5-8,15-18,21,24H,9-14,19H2,1-4H3,(H,36,40)/t21-/m1/s1. The lowest BCUT2D eigenvalue weighted by atomic mass is 9.89. The van der Waals surface area contributed by atoms with Crippen LogP contribution in [0.4, 0.5) is 8.78 Å². The van der Waals surface area contributed by atoms with Crippen LogP contribution in [0.25, 0.3) is 10.9 Å². The van der Waals surface area contributed by atoms with Gasteiger partial charge in [-0.05, 0) is 88.9 Å². The van der Waals surface area contributed by atoms with Gasteiger partial charge in [0.05, 0.1) is 12.7 Å². The van der Waals surface area contributed by atoms with E-state index in [1.165, 1.54) is 19.2 Å². The number of aromatic nitrogens is 2. The van der Waals surface area contributed by atoms with Crippen LogP contribution in [0.15, 0.2) is 53.3 Å². The first-order valence-corrected chi connectivity index (χ1v) is 14.2. The van der Waals surface area contributed by atoms with Crippen molar-refractivity contribution in [2.45, 2.75) is 59.0 Å². The van der Waals surface area contributed by atoms with Crippen molar-refractivity contribution in [1.82, 2.24) is 14.5 Å². The molecule has 0 radical (unpaired) electrons. The lowest BCUT2D eigenvalue weighted by molar-refractivity contribution is 0.0983. The van der Waals surface area contributed by atoms with E-state index in [0.717, 1.165) is 48.6 Å². The number of pyridine rings is 1. The lowest BCUT2D eigenvalue weighted by Gasteiger charge is -2.36. The molecule has 1 fully saturated rings. The zero-order chi connectivity index (χ0) is 29.3. The van der Waals surface area contributed by atoms with E-state index >= 15 is 0 Å². The molecule has 1 aliphatic rings. The third-order valence-corrected chi connectivity index (χ3v) is 8.54. The van der Waals surface area contributed by atoms with Gasteiger partial charge in [0.2, 0.25) is 0 Å². The summed E-state index contributed by atoms with van der Waals surface area (Å²) in [6, 6.07) is 13.7. The van der Waals surface area contributed by atoms with Crippen molar-refractivity contribution in [3.05, 3.63) is 98.6 Å². The molecule has 5 rings (SSSR count). The molecule has 0 aliphatic carbocycles. The molecule has 0 bridgehead atoms. The van der Waals surface area contributed by atoms with Gasteiger partial charge < -0.3 is 14.3 Å². The fourth-order valence-electron chi connectivity index (χ4n) is 6.50. The predicted octanol–water partition coefficient (Wildman–Crippen LogP) is 6.52. The maximum atomic E-state index is 13.7. The van der Waals surface area contributed by atoms with Crippen molar-refractivity contribution >= 4 is 16.7 Å². The first kappa shape index (κ1) is 28.7. The second-order valence-corrected chi connectivity index (χ2v) is 11.2. The van der Waals surface area contributed by atoms with E-state index in [1.807, 2.05) is 25.1 Å². The van der Waals surface area contributed by atoms with E-state index in [1.54, 1.807) is 13.0 Å². The maximum absolute atomic E-state index is 13.7. The molecule has 8 heteroatoms. The molecule has 41 heavy (non-hydrogen) atoms. The number of halogens is 2. The molecule has 1 aliphatic heterocycles. The van der Waals surface area contributed by atoms with Crippen LogP contribution in [-0.4, -0.2) is 40.4 Å². The molecule has 0 unspecified atom stereocenters. The highest BCUT2D eigenvalue weighted by molar-refractivity contribution is 6.09. The minimum Gasteiger partial charge on any atom is -0.496 e. The number of aromatic amines is 1. The number of piperidine rings is 1. The molecule has 2 aromatic carbocycles. The number of ketones is 1. The number of H-pyrrole nitrogens is 1. The average Bonchev–Trinajstić information content (AvgIpc) is 3.23. The Balaban J connectivity index is 1.33. The fourth-order valence-corrected chi connectivity index (χ4v) is 6.50. The van der Waals surface area contributed by atoms with Crippen molar-refractivity contribution < 1.29 is 18.3 Å². The molecule has 2 aromatic heterocycles. The Morgan fingerprint density at radius 2 is 1.76 bits per heavy atom. The number of fused-ring (bicyclic) bond motifs is 1. The predicted molar refractivity (Wildman–Crippen MR) is 157 cm³/mol. The van der Waals surface area contributed by atoms with Crippen LogP contribution in [0.3, 0.4) is 0 Å². The molecule has 1 N–H and O–H groups in total. The average molecular weight is 562 g/mol. The largest absolute Gasteiger partial charge is 0.496 e. The summed E-state index contributed by atoms with van der Waals surface area (Å²) in [5.74, 6) is -0.199. The van der Waals surface area contributed by atoms with Gasteiger partial charge in [-0.1, -0.05) is 18.2 Å². The Bertz CT molecular complexity index is 1610. The van der Waals surface area contributed by atoms with E-state index in [0.29, 0.717) is 47.0 Å². The van der Waals surface area contributed by atoms with Crippen molar-refractivity contribution in [3.8, 4) is 5.75 Å². The van der Waals surface area contributed by atoms with E-state index in [4.69, 9.17) is 4.74 Å². The van der Waals surface area contributed by atoms with Crippen molar-refractivity contribution in [2.75, 3.05) is 20.2 Å². The molecule has 1 saturated heterocycles. The highest BCUT2D eigenvalue weighted by atomic mass is 19.1. The highest BCUT2D eigenvalue weighted by Gasteiger charge is 2.29. The Hall–Kier alpha value is -3.78. The quantitative estimate of drug-likeness (QED) is 0.236. The van der Waals surface area contributed by atoms with Crippen LogP contribution in [0, 0.1) is 31.4 Å². The minimum absolute atomic E-state index is 0.00354. The number of carbonyl (C=O) groups is 1. The number of methoxy groups -OCH3 is 1. The second-order valence-electron chi connectivity index (χ2n) is 11.2. The number of benzene rings is 2. The number of rotatable bonds is 9. The summed E-state index contributed by atoms with van der Waals surface area (Å²) in [5, 5.41) is 0.928. The molecular weight excluding hydrogens is 524 g/mol. The van der Waals surface area contributed by atoms with Gasteiger partial charge in [0.25, 0.3) is 5.56 Å². The number of Topliss-reactive ketones (excluding diaryl/α,β-unsaturated/α-hetero) is 1. The lowest BCUT2D eigenvalue weighted by Crippen LogP contribution is -2.36. The third kappa shape index (κ3) is 5.98. The Morgan fingerprint density at radius 1 is 1.07 bits per heavy atom. The third-order valence-electron chi connectivity index (χ3n) is 8.54. The summed E-state index contributed by atoms with van der Waals surface area (Å²) >= 11 is 0. The number of ether oxygens (including phenoxy) is 1. The van der Waals surface area contributed by atoms with Crippen molar-refractivity contribution in [2.24, 2.45) is 5.92 Å². The normalized spacial score (nSPS) is 15.4. The molecule has 0 amide bonds. The Morgan fingerprint density at radius 3 is 2.44 bits per heavy atom.